The molecule has 2 N–H and O–H groups in total. The van der Waals surface area contributed by atoms with Crippen LogP contribution in [-0.2, 0) is 17.8 Å². The number of aromatic amines is 1. The molecule has 0 aliphatic carbocycles. The Bertz CT molecular complexity index is 1930. The molecule has 5 aromatic rings. The summed E-state index contributed by atoms with van der Waals surface area (Å²) in [7, 11) is 1.60. The van der Waals surface area contributed by atoms with Gasteiger partial charge in [0.1, 0.15) is 17.8 Å². The van der Waals surface area contributed by atoms with Gasteiger partial charge in [0.05, 0.1) is 18.4 Å². The van der Waals surface area contributed by atoms with Crippen molar-refractivity contribution in [2.24, 2.45) is 0 Å². The molecular formula is C37H34N4O4. The minimum atomic E-state index is -0.714. The predicted molar refractivity (Wildman–Crippen MR) is 173 cm³/mol. The molecule has 4 aromatic carbocycles. The molecule has 0 bridgehead atoms. The van der Waals surface area contributed by atoms with Crippen molar-refractivity contribution in [2.75, 3.05) is 12.0 Å². The maximum absolute atomic E-state index is 14.4. The van der Waals surface area contributed by atoms with Crippen molar-refractivity contribution in [3.05, 3.63) is 131 Å². The monoisotopic (exact) mass is 598 g/mol. The maximum Gasteiger partial charge on any atom is 0.332 e. The van der Waals surface area contributed by atoms with Gasteiger partial charge in [-0.3, -0.25) is 14.5 Å². The summed E-state index contributed by atoms with van der Waals surface area (Å²) in [5, 5.41) is 3.99. The first-order chi connectivity index (χ1) is 21.9. The van der Waals surface area contributed by atoms with E-state index in [2.05, 4.69) is 54.5 Å². The number of rotatable bonds is 7. The summed E-state index contributed by atoms with van der Waals surface area (Å²) in [5.41, 5.74) is 6.48. The number of hydrogen-bond donors (Lipinski definition) is 2. The third-order valence-electron chi connectivity index (χ3n) is 8.97. The van der Waals surface area contributed by atoms with Crippen LogP contribution in [-0.4, -0.2) is 40.9 Å². The van der Waals surface area contributed by atoms with Crippen molar-refractivity contribution >= 4 is 34.4 Å². The van der Waals surface area contributed by atoms with Gasteiger partial charge in [-0.1, -0.05) is 80.6 Å². The molecule has 8 nitrogen and oxygen atoms in total. The summed E-state index contributed by atoms with van der Waals surface area (Å²) in [6.45, 7) is 4.57. The number of amides is 4. The first kappa shape index (κ1) is 28.4. The van der Waals surface area contributed by atoms with Crippen molar-refractivity contribution in [1.29, 1.82) is 0 Å². The van der Waals surface area contributed by atoms with Crippen LogP contribution < -0.4 is 15.0 Å². The summed E-state index contributed by atoms with van der Waals surface area (Å²) in [6, 6.07) is 28.9. The van der Waals surface area contributed by atoms with Gasteiger partial charge in [0, 0.05) is 29.6 Å². The zero-order valence-electron chi connectivity index (χ0n) is 25.4. The van der Waals surface area contributed by atoms with Crippen LogP contribution >= 0.6 is 0 Å². The number of hydrogen-bond acceptors (Lipinski definition) is 4. The number of nitrogens with one attached hydrogen (secondary N) is 2. The Morgan fingerprint density at radius 3 is 2.38 bits per heavy atom. The van der Waals surface area contributed by atoms with Crippen LogP contribution in [0.1, 0.15) is 64.1 Å². The molecule has 1 unspecified atom stereocenters. The average Bonchev–Trinajstić information content (AvgIpc) is 3.56. The van der Waals surface area contributed by atoms with Gasteiger partial charge in [-0.2, -0.15) is 0 Å². The van der Waals surface area contributed by atoms with Crippen LogP contribution in [0.4, 0.5) is 10.5 Å². The Kier molecular flexibility index (Phi) is 7.12. The predicted octanol–water partition coefficient (Wildman–Crippen LogP) is 6.71. The van der Waals surface area contributed by atoms with Crippen molar-refractivity contribution in [2.45, 2.75) is 44.8 Å². The SMILES string of the molecule is COc1ccc(CNC(=O)c2ccccc2N2C(=O)[C@@H]3Cc4c([nH]c5ccccc45)C(c4ccc(C(C)C)cc4)N3C2=O)cc1. The van der Waals surface area contributed by atoms with E-state index in [4.69, 9.17) is 4.74 Å². The fourth-order valence-electron chi connectivity index (χ4n) is 6.59. The van der Waals surface area contributed by atoms with Gasteiger partial charge in [-0.05, 0) is 58.5 Å². The minimum absolute atomic E-state index is 0.259. The summed E-state index contributed by atoms with van der Waals surface area (Å²) in [6.07, 6.45) is 0.382. The second-order valence-electron chi connectivity index (χ2n) is 11.9. The molecular weight excluding hydrogens is 564 g/mol. The Hall–Kier alpha value is -5.37. The molecule has 1 aromatic heterocycles. The lowest BCUT2D eigenvalue weighted by Crippen LogP contribution is -2.44. The van der Waals surface area contributed by atoms with E-state index in [1.807, 2.05) is 42.5 Å². The summed E-state index contributed by atoms with van der Waals surface area (Å²) in [4.78, 5) is 48.6. The van der Waals surface area contributed by atoms with Crippen molar-refractivity contribution in [3.8, 4) is 5.75 Å². The fraction of sp³-hybridized carbons (Fsp3) is 0.216. The van der Waals surface area contributed by atoms with Gasteiger partial charge < -0.3 is 15.0 Å². The standard InChI is InChI=1S/C37H34N4O4/c1-22(2)24-14-16-25(17-15-24)34-33-29(27-8-4-6-10-30(27)39-33)20-32-36(43)41(37(44)40(32)34)31-11-7-5-9-28(31)35(42)38-21-23-12-18-26(45-3)19-13-23/h4-19,22,32,34,39H,20-21H2,1-3H3,(H,38,42)/t32-,34?/m0/s1. The summed E-state index contributed by atoms with van der Waals surface area (Å²) in [5.74, 6) is 0.380. The van der Waals surface area contributed by atoms with Gasteiger partial charge in [-0.25, -0.2) is 9.69 Å². The second kappa shape index (κ2) is 11.3. The molecule has 0 spiro atoms. The third kappa shape index (κ3) is 4.83. The van der Waals surface area contributed by atoms with Gasteiger partial charge >= 0.3 is 6.03 Å². The molecule has 3 heterocycles. The van der Waals surface area contributed by atoms with E-state index in [0.29, 0.717) is 12.3 Å². The van der Waals surface area contributed by atoms with Crippen molar-refractivity contribution < 1.29 is 19.1 Å². The van der Waals surface area contributed by atoms with Gasteiger partial charge in [0.25, 0.3) is 11.8 Å². The van der Waals surface area contributed by atoms with E-state index in [-0.39, 0.29) is 29.6 Å². The highest BCUT2D eigenvalue weighted by Gasteiger charge is 2.53. The van der Waals surface area contributed by atoms with E-state index in [1.165, 1.54) is 10.5 Å². The number of urea groups is 1. The number of aromatic nitrogens is 1. The maximum atomic E-state index is 14.4. The third-order valence-corrected chi connectivity index (χ3v) is 8.97. The number of para-hydroxylation sites is 2. The zero-order valence-corrected chi connectivity index (χ0v) is 25.4. The second-order valence-corrected chi connectivity index (χ2v) is 11.9. The lowest BCUT2D eigenvalue weighted by molar-refractivity contribution is -0.120. The molecule has 2 aliphatic heterocycles. The number of anilines is 1. The Morgan fingerprint density at radius 2 is 1.64 bits per heavy atom. The molecule has 1 saturated heterocycles. The van der Waals surface area contributed by atoms with E-state index < -0.39 is 18.1 Å². The Labute approximate surface area is 261 Å². The largest absolute Gasteiger partial charge is 0.497 e. The highest BCUT2D eigenvalue weighted by molar-refractivity contribution is 6.24. The van der Waals surface area contributed by atoms with E-state index in [9.17, 15) is 14.4 Å². The van der Waals surface area contributed by atoms with Gasteiger partial charge in [-0.15, -0.1) is 0 Å². The number of carbonyl (C=O) groups is 3. The van der Waals surface area contributed by atoms with E-state index in [1.54, 1.807) is 36.3 Å². The lowest BCUT2D eigenvalue weighted by Gasteiger charge is -2.36. The number of carbonyl (C=O) groups excluding carboxylic acids is 3. The number of imide groups is 1. The van der Waals surface area contributed by atoms with E-state index in [0.717, 1.165) is 39.0 Å². The average molecular weight is 599 g/mol. The van der Waals surface area contributed by atoms with Crippen molar-refractivity contribution in [1.82, 2.24) is 15.2 Å². The molecule has 8 heteroatoms. The van der Waals surface area contributed by atoms with Crippen molar-refractivity contribution in [3.63, 3.8) is 0 Å². The molecule has 7 rings (SSSR count). The first-order valence-corrected chi connectivity index (χ1v) is 15.2. The highest BCUT2D eigenvalue weighted by atomic mass is 16.5. The summed E-state index contributed by atoms with van der Waals surface area (Å²) < 4.78 is 5.22. The molecule has 226 valence electrons. The zero-order chi connectivity index (χ0) is 31.2. The van der Waals surface area contributed by atoms with Crippen LogP contribution in [0.5, 0.6) is 5.75 Å². The number of benzene rings is 4. The first-order valence-electron chi connectivity index (χ1n) is 15.2. The highest BCUT2D eigenvalue weighted by Crippen LogP contribution is 2.45. The van der Waals surface area contributed by atoms with Crippen LogP contribution in [0.25, 0.3) is 10.9 Å². The quantitative estimate of drug-likeness (QED) is 0.204. The molecule has 4 amide bonds. The van der Waals surface area contributed by atoms with E-state index >= 15 is 0 Å². The lowest BCUT2D eigenvalue weighted by atomic mass is 9.88. The van der Waals surface area contributed by atoms with Crippen LogP contribution in [0.15, 0.2) is 97.1 Å². The topological polar surface area (TPSA) is 94.7 Å². The molecule has 0 radical (unpaired) electrons. The number of methoxy groups -OCH3 is 1. The number of H-pyrrole nitrogens is 1. The summed E-state index contributed by atoms with van der Waals surface area (Å²) >= 11 is 0. The van der Waals surface area contributed by atoms with Crippen LogP contribution in [0, 0.1) is 0 Å². The molecule has 2 aliphatic rings. The van der Waals surface area contributed by atoms with Gasteiger partial charge in [0.2, 0.25) is 0 Å². The fourth-order valence-corrected chi connectivity index (χ4v) is 6.59. The van der Waals surface area contributed by atoms with Crippen LogP contribution in [0.3, 0.4) is 0 Å². The molecule has 45 heavy (non-hydrogen) atoms. The number of fused-ring (bicyclic) bond motifs is 4. The Morgan fingerprint density at radius 1 is 0.933 bits per heavy atom. The van der Waals surface area contributed by atoms with Gasteiger partial charge in [0.15, 0.2) is 0 Å². The molecule has 0 saturated carbocycles. The van der Waals surface area contributed by atoms with Crippen LogP contribution in [0.2, 0.25) is 0 Å². The normalized spacial score (nSPS) is 17.5. The Balaban J connectivity index is 1.25. The molecule has 2 atom stereocenters. The minimum Gasteiger partial charge on any atom is -0.497 e. The smallest absolute Gasteiger partial charge is 0.332 e. The molecule has 1 fully saturated rings. The number of ether oxygens (including phenoxy) is 1. The number of nitrogens with zero attached hydrogens (tertiary/aromatic N) is 2.